The number of thiazole rings is 1. The SMILES string of the molecule is CC(=O)Nc1ccc(NC(C)c2sc(C)nc2C)cc1C. The van der Waals surface area contributed by atoms with Gasteiger partial charge in [0.2, 0.25) is 5.91 Å². The molecule has 21 heavy (non-hydrogen) atoms. The summed E-state index contributed by atoms with van der Waals surface area (Å²) in [6, 6.07) is 6.17. The van der Waals surface area contributed by atoms with Crippen molar-refractivity contribution in [3.05, 3.63) is 39.3 Å². The van der Waals surface area contributed by atoms with Gasteiger partial charge in [0.05, 0.1) is 16.7 Å². The number of nitrogens with one attached hydrogen (secondary N) is 2. The first-order chi connectivity index (χ1) is 9.86. The van der Waals surface area contributed by atoms with Crippen LogP contribution in [0.3, 0.4) is 0 Å². The highest BCUT2D eigenvalue weighted by atomic mass is 32.1. The molecule has 0 aliphatic carbocycles. The molecule has 0 bridgehead atoms. The molecule has 1 atom stereocenters. The van der Waals surface area contributed by atoms with E-state index in [0.29, 0.717) is 0 Å². The third-order valence-electron chi connectivity index (χ3n) is 3.25. The molecule has 2 aromatic rings. The molecule has 0 saturated heterocycles. The van der Waals surface area contributed by atoms with E-state index < -0.39 is 0 Å². The van der Waals surface area contributed by atoms with E-state index in [0.717, 1.165) is 27.6 Å². The highest BCUT2D eigenvalue weighted by molar-refractivity contribution is 7.11. The Morgan fingerprint density at radius 2 is 2.00 bits per heavy atom. The molecule has 0 spiro atoms. The van der Waals surface area contributed by atoms with Gasteiger partial charge in [-0.25, -0.2) is 4.98 Å². The van der Waals surface area contributed by atoms with Crippen molar-refractivity contribution in [1.82, 2.24) is 4.98 Å². The summed E-state index contributed by atoms with van der Waals surface area (Å²) in [5, 5.41) is 7.41. The van der Waals surface area contributed by atoms with Crippen LogP contribution in [0.15, 0.2) is 18.2 Å². The molecular formula is C16H21N3OS. The number of aromatic nitrogens is 1. The van der Waals surface area contributed by atoms with Gasteiger partial charge < -0.3 is 10.6 Å². The molecule has 0 radical (unpaired) electrons. The molecule has 0 fully saturated rings. The van der Waals surface area contributed by atoms with Crippen molar-refractivity contribution < 1.29 is 4.79 Å². The molecule has 5 heteroatoms. The Morgan fingerprint density at radius 3 is 2.52 bits per heavy atom. The van der Waals surface area contributed by atoms with Crippen molar-refractivity contribution in [3.63, 3.8) is 0 Å². The molecule has 4 nitrogen and oxygen atoms in total. The van der Waals surface area contributed by atoms with Gasteiger partial charge in [0.15, 0.2) is 0 Å². The molecule has 0 saturated carbocycles. The highest BCUT2D eigenvalue weighted by Gasteiger charge is 2.13. The molecule has 0 aliphatic rings. The van der Waals surface area contributed by atoms with E-state index >= 15 is 0 Å². The molecule has 2 rings (SSSR count). The molecule has 1 unspecified atom stereocenters. The zero-order valence-electron chi connectivity index (χ0n) is 13.1. The average molecular weight is 303 g/mol. The van der Waals surface area contributed by atoms with Crippen LogP contribution in [0.2, 0.25) is 0 Å². The van der Waals surface area contributed by atoms with Crippen molar-refractivity contribution in [2.45, 2.75) is 40.7 Å². The summed E-state index contributed by atoms with van der Waals surface area (Å²) in [5.41, 5.74) is 4.02. The highest BCUT2D eigenvalue weighted by Crippen LogP contribution is 2.28. The van der Waals surface area contributed by atoms with E-state index in [9.17, 15) is 4.79 Å². The van der Waals surface area contributed by atoms with Crippen LogP contribution in [0, 0.1) is 20.8 Å². The van der Waals surface area contributed by atoms with Crippen LogP contribution in [0.4, 0.5) is 11.4 Å². The fourth-order valence-corrected chi connectivity index (χ4v) is 3.28. The minimum atomic E-state index is -0.0528. The molecular weight excluding hydrogens is 282 g/mol. The molecule has 1 amide bonds. The van der Waals surface area contributed by atoms with Gasteiger partial charge in [-0.3, -0.25) is 4.79 Å². The van der Waals surface area contributed by atoms with Gasteiger partial charge >= 0.3 is 0 Å². The largest absolute Gasteiger partial charge is 0.378 e. The number of nitrogens with zero attached hydrogens (tertiary/aromatic N) is 1. The van der Waals surface area contributed by atoms with Crippen LogP contribution in [0.25, 0.3) is 0 Å². The number of rotatable bonds is 4. The third kappa shape index (κ3) is 3.82. The summed E-state index contributed by atoms with van der Waals surface area (Å²) in [6.45, 7) is 9.71. The summed E-state index contributed by atoms with van der Waals surface area (Å²) in [5.74, 6) is -0.0528. The van der Waals surface area contributed by atoms with Crippen LogP contribution >= 0.6 is 11.3 Å². The van der Waals surface area contributed by atoms with Gasteiger partial charge in [0.25, 0.3) is 0 Å². The molecule has 1 aromatic heterocycles. The Morgan fingerprint density at radius 1 is 1.29 bits per heavy atom. The maximum Gasteiger partial charge on any atom is 0.221 e. The molecule has 112 valence electrons. The number of anilines is 2. The maximum absolute atomic E-state index is 11.1. The zero-order chi connectivity index (χ0) is 15.6. The van der Waals surface area contributed by atoms with E-state index in [4.69, 9.17) is 0 Å². The van der Waals surface area contributed by atoms with Crippen molar-refractivity contribution >= 4 is 28.6 Å². The first-order valence-electron chi connectivity index (χ1n) is 6.95. The Labute approximate surface area is 129 Å². The Kier molecular flexibility index (Phi) is 4.63. The smallest absolute Gasteiger partial charge is 0.221 e. The fourth-order valence-electron chi connectivity index (χ4n) is 2.35. The summed E-state index contributed by atoms with van der Waals surface area (Å²) in [4.78, 5) is 16.8. The quantitative estimate of drug-likeness (QED) is 0.890. The lowest BCUT2D eigenvalue weighted by atomic mass is 10.1. The second kappa shape index (κ2) is 6.26. The van der Waals surface area contributed by atoms with Crippen molar-refractivity contribution in [3.8, 4) is 0 Å². The summed E-state index contributed by atoms with van der Waals surface area (Å²) >= 11 is 1.73. The molecule has 0 aliphatic heterocycles. The molecule has 1 heterocycles. The number of hydrogen-bond donors (Lipinski definition) is 2. The summed E-state index contributed by atoms with van der Waals surface area (Å²) in [6.07, 6.45) is 0. The lowest BCUT2D eigenvalue weighted by Gasteiger charge is -2.16. The van der Waals surface area contributed by atoms with E-state index in [-0.39, 0.29) is 11.9 Å². The van der Waals surface area contributed by atoms with Crippen LogP contribution in [0.1, 0.15) is 41.0 Å². The Bertz CT molecular complexity index is 664. The van der Waals surface area contributed by atoms with Crippen LogP contribution < -0.4 is 10.6 Å². The van der Waals surface area contributed by atoms with Crippen molar-refractivity contribution in [2.24, 2.45) is 0 Å². The summed E-state index contributed by atoms with van der Waals surface area (Å²) in [7, 11) is 0. The Balaban J connectivity index is 2.14. The van der Waals surface area contributed by atoms with Crippen molar-refractivity contribution in [1.29, 1.82) is 0 Å². The maximum atomic E-state index is 11.1. The minimum Gasteiger partial charge on any atom is -0.378 e. The topological polar surface area (TPSA) is 54.0 Å². The zero-order valence-corrected chi connectivity index (χ0v) is 13.9. The lowest BCUT2D eigenvalue weighted by Crippen LogP contribution is -2.09. The number of hydrogen-bond acceptors (Lipinski definition) is 4. The number of amides is 1. The Hall–Kier alpha value is -1.88. The van der Waals surface area contributed by atoms with E-state index in [2.05, 4.69) is 22.5 Å². The lowest BCUT2D eigenvalue weighted by molar-refractivity contribution is -0.114. The van der Waals surface area contributed by atoms with E-state index in [1.807, 2.05) is 39.0 Å². The molecule has 2 N–H and O–H groups in total. The minimum absolute atomic E-state index is 0.0528. The van der Waals surface area contributed by atoms with Gasteiger partial charge in [-0.1, -0.05) is 0 Å². The number of carbonyl (C=O) groups excluding carboxylic acids is 1. The number of carbonyl (C=O) groups is 1. The predicted molar refractivity (Wildman–Crippen MR) is 89.1 cm³/mol. The third-order valence-corrected chi connectivity index (χ3v) is 4.51. The van der Waals surface area contributed by atoms with Crippen LogP contribution in [-0.4, -0.2) is 10.9 Å². The van der Waals surface area contributed by atoms with E-state index in [1.165, 1.54) is 11.8 Å². The van der Waals surface area contributed by atoms with Crippen LogP contribution in [0.5, 0.6) is 0 Å². The number of aryl methyl sites for hydroxylation is 3. The van der Waals surface area contributed by atoms with Gasteiger partial charge in [-0.2, -0.15) is 0 Å². The summed E-state index contributed by atoms with van der Waals surface area (Å²) < 4.78 is 0. The second-order valence-corrected chi connectivity index (χ2v) is 6.49. The van der Waals surface area contributed by atoms with Gasteiger partial charge in [-0.05, 0) is 51.5 Å². The fraction of sp³-hybridized carbons (Fsp3) is 0.375. The van der Waals surface area contributed by atoms with Gasteiger partial charge in [0.1, 0.15) is 0 Å². The monoisotopic (exact) mass is 303 g/mol. The number of benzene rings is 1. The van der Waals surface area contributed by atoms with E-state index in [1.54, 1.807) is 11.3 Å². The molecule has 1 aromatic carbocycles. The van der Waals surface area contributed by atoms with Crippen molar-refractivity contribution in [2.75, 3.05) is 10.6 Å². The first kappa shape index (κ1) is 15.5. The van der Waals surface area contributed by atoms with Crippen LogP contribution in [-0.2, 0) is 4.79 Å². The standard InChI is InChI=1S/C16H21N3OS/c1-9-8-14(6-7-15(9)19-12(4)20)18-11(3)16-10(2)17-13(5)21-16/h6-8,11,18H,1-5H3,(H,19,20). The normalized spacial score (nSPS) is 12.0. The first-order valence-corrected chi connectivity index (χ1v) is 7.77. The predicted octanol–water partition coefficient (Wildman–Crippen LogP) is 4.20. The van der Waals surface area contributed by atoms with Gasteiger partial charge in [-0.15, -0.1) is 11.3 Å². The second-order valence-electron chi connectivity index (χ2n) is 5.26. The average Bonchev–Trinajstić information content (AvgIpc) is 2.71. The van der Waals surface area contributed by atoms with Gasteiger partial charge in [0, 0.05) is 23.2 Å².